The summed E-state index contributed by atoms with van der Waals surface area (Å²) in [5.41, 5.74) is -1.72. The quantitative estimate of drug-likeness (QED) is 0.109. The standard InChI is InChI=1S/C25H29ClF3NO5/c1-2-3-4-5-6-7-8-9-10-15-34-24(31)20-17-19(12-13-22(20)30(32)33)35-23-14-11-18(16-21(23)26)25(27,28)29/h11-14,16-17H,2-10,15H2,1H3. The van der Waals surface area contributed by atoms with E-state index in [2.05, 4.69) is 6.92 Å². The molecule has 0 aliphatic heterocycles. The number of carbonyl (C=O) groups is 1. The van der Waals surface area contributed by atoms with Crippen LogP contribution in [0.1, 0.15) is 80.6 Å². The lowest BCUT2D eigenvalue weighted by Crippen LogP contribution is -2.09. The van der Waals surface area contributed by atoms with Crippen LogP contribution < -0.4 is 4.74 Å². The van der Waals surface area contributed by atoms with Crippen LogP contribution >= 0.6 is 11.6 Å². The molecule has 6 nitrogen and oxygen atoms in total. The van der Waals surface area contributed by atoms with Gasteiger partial charge in [0.15, 0.2) is 0 Å². The highest BCUT2D eigenvalue weighted by molar-refractivity contribution is 6.32. The van der Waals surface area contributed by atoms with Crippen molar-refractivity contribution in [1.82, 2.24) is 0 Å². The van der Waals surface area contributed by atoms with E-state index in [0.29, 0.717) is 12.5 Å². The Balaban J connectivity index is 1.95. The molecular weight excluding hydrogens is 487 g/mol. The van der Waals surface area contributed by atoms with Crippen LogP contribution in [0.2, 0.25) is 5.02 Å². The van der Waals surface area contributed by atoms with Crippen molar-refractivity contribution in [2.24, 2.45) is 0 Å². The van der Waals surface area contributed by atoms with Crippen LogP contribution in [0.4, 0.5) is 18.9 Å². The van der Waals surface area contributed by atoms with E-state index in [1.807, 2.05) is 0 Å². The number of rotatable bonds is 14. The van der Waals surface area contributed by atoms with E-state index in [-0.39, 0.29) is 28.7 Å². The van der Waals surface area contributed by atoms with Gasteiger partial charge in [-0.2, -0.15) is 13.2 Å². The second-order valence-corrected chi connectivity index (χ2v) is 8.55. The van der Waals surface area contributed by atoms with Gasteiger partial charge in [-0.15, -0.1) is 0 Å². The maximum atomic E-state index is 12.8. The highest BCUT2D eigenvalue weighted by Crippen LogP contribution is 2.37. The second kappa shape index (κ2) is 13.9. The van der Waals surface area contributed by atoms with Crippen molar-refractivity contribution >= 4 is 23.3 Å². The van der Waals surface area contributed by atoms with E-state index >= 15 is 0 Å². The largest absolute Gasteiger partial charge is 0.462 e. The fourth-order valence-electron chi connectivity index (χ4n) is 3.44. The summed E-state index contributed by atoms with van der Waals surface area (Å²) >= 11 is 5.90. The molecule has 0 unspecified atom stereocenters. The van der Waals surface area contributed by atoms with Gasteiger partial charge in [0.25, 0.3) is 5.69 Å². The Morgan fingerprint density at radius 1 is 0.971 bits per heavy atom. The Hall–Kier alpha value is -2.81. The van der Waals surface area contributed by atoms with Crippen LogP contribution in [0, 0.1) is 10.1 Å². The molecule has 0 atom stereocenters. The average Bonchev–Trinajstić information content (AvgIpc) is 2.80. The van der Waals surface area contributed by atoms with Gasteiger partial charge in [-0.1, -0.05) is 69.9 Å². The molecule has 0 amide bonds. The predicted octanol–water partition coefficient (Wildman–Crippen LogP) is 8.75. The molecule has 192 valence electrons. The third-order valence-electron chi connectivity index (χ3n) is 5.35. The van der Waals surface area contributed by atoms with Gasteiger partial charge in [0.05, 0.1) is 22.1 Å². The molecule has 0 saturated heterocycles. The summed E-state index contributed by atoms with van der Waals surface area (Å²) in [6, 6.07) is 5.96. The number of alkyl halides is 3. The first kappa shape index (κ1) is 28.4. The van der Waals surface area contributed by atoms with Crippen LogP contribution in [0.5, 0.6) is 11.5 Å². The van der Waals surface area contributed by atoms with Crippen molar-refractivity contribution in [3.8, 4) is 11.5 Å². The Morgan fingerprint density at radius 3 is 2.17 bits per heavy atom. The zero-order valence-corrected chi connectivity index (χ0v) is 20.3. The number of nitro benzene ring substituents is 1. The number of hydrogen-bond donors (Lipinski definition) is 0. The average molecular weight is 516 g/mol. The molecular formula is C25H29ClF3NO5. The normalized spacial score (nSPS) is 11.3. The van der Waals surface area contributed by atoms with Crippen molar-refractivity contribution in [1.29, 1.82) is 0 Å². The summed E-state index contributed by atoms with van der Waals surface area (Å²) < 4.78 is 49.1. The predicted molar refractivity (Wildman–Crippen MR) is 127 cm³/mol. The third-order valence-corrected chi connectivity index (χ3v) is 5.65. The number of unbranched alkanes of at least 4 members (excludes halogenated alkanes) is 8. The number of esters is 1. The molecule has 0 aliphatic rings. The summed E-state index contributed by atoms with van der Waals surface area (Å²) in [6.45, 7) is 2.30. The Bertz CT molecular complexity index is 998. The maximum Gasteiger partial charge on any atom is 0.416 e. The minimum Gasteiger partial charge on any atom is -0.462 e. The van der Waals surface area contributed by atoms with Gasteiger partial charge in [0, 0.05) is 12.1 Å². The fourth-order valence-corrected chi connectivity index (χ4v) is 3.66. The minimum atomic E-state index is -4.57. The van der Waals surface area contributed by atoms with E-state index in [4.69, 9.17) is 21.1 Å². The summed E-state index contributed by atoms with van der Waals surface area (Å²) in [4.78, 5) is 23.1. The van der Waals surface area contributed by atoms with Crippen molar-refractivity contribution < 1.29 is 32.4 Å². The first-order valence-corrected chi connectivity index (χ1v) is 12.0. The highest BCUT2D eigenvalue weighted by atomic mass is 35.5. The van der Waals surface area contributed by atoms with Crippen LogP contribution in [0.15, 0.2) is 36.4 Å². The summed E-state index contributed by atoms with van der Waals surface area (Å²) in [7, 11) is 0. The monoisotopic (exact) mass is 515 g/mol. The number of nitrogens with zero attached hydrogens (tertiary/aromatic N) is 1. The lowest BCUT2D eigenvalue weighted by Gasteiger charge is -2.12. The van der Waals surface area contributed by atoms with Crippen LogP contribution in [0.3, 0.4) is 0 Å². The van der Waals surface area contributed by atoms with E-state index in [9.17, 15) is 28.1 Å². The maximum absolute atomic E-state index is 12.8. The molecule has 2 aromatic carbocycles. The SMILES string of the molecule is CCCCCCCCCCCOC(=O)c1cc(Oc2ccc(C(F)(F)F)cc2Cl)ccc1[N+](=O)[O-]. The number of halogens is 4. The van der Waals surface area contributed by atoms with Gasteiger partial charge in [-0.3, -0.25) is 10.1 Å². The lowest BCUT2D eigenvalue weighted by atomic mass is 10.1. The Kier molecular flexibility index (Phi) is 11.3. The first-order valence-electron chi connectivity index (χ1n) is 11.6. The summed E-state index contributed by atoms with van der Waals surface area (Å²) in [5, 5.41) is 11.1. The number of hydrogen-bond acceptors (Lipinski definition) is 5. The fraction of sp³-hybridized carbons (Fsp3) is 0.480. The number of ether oxygens (including phenoxy) is 2. The molecule has 0 aliphatic carbocycles. The van der Waals surface area contributed by atoms with E-state index < -0.39 is 28.3 Å². The van der Waals surface area contributed by atoms with Crippen LogP contribution in [0.25, 0.3) is 0 Å². The zero-order valence-electron chi connectivity index (χ0n) is 19.5. The minimum absolute atomic E-state index is 0.00715. The lowest BCUT2D eigenvalue weighted by molar-refractivity contribution is -0.385. The third kappa shape index (κ3) is 9.39. The Labute approximate surface area is 207 Å². The van der Waals surface area contributed by atoms with Crippen LogP contribution in [-0.4, -0.2) is 17.5 Å². The van der Waals surface area contributed by atoms with Gasteiger partial charge < -0.3 is 9.47 Å². The van der Waals surface area contributed by atoms with Crippen molar-refractivity contribution in [3.05, 3.63) is 62.7 Å². The molecule has 0 heterocycles. The second-order valence-electron chi connectivity index (χ2n) is 8.15. The van der Waals surface area contributed by atoms with Gasteiger partial charge >= 0.3 is 12.1 Å². The van der Waals surface area contributed by atoms with E-state index in [1.165, 1.54) is 38.2 Å². The smallest absolute Gasteiger partial charge is 0.416 e. The van der Waals surface area contributed by atoms with Crippen molar-refractivity contribution in [2.45, 2.75) is 70.9 Å². The molecule has 10 heteroatoms. The topological polar surface area (TPSA) is 78.7 Å². The molecule has 2 aromatic rings. The molecule has 0 radical (unpaired) electrons. The van der Waals surface area contributed by atoms with Gasteiger partial charge in [0.1, 0.15) is 17.1 Å². The molecule has 0 aromatic heterocycles. The Morgan fingerprint density at radius 2 is 1.60 bits per heavy atom. The number of carbonyl (C=O) groups excluding carboxylic acids is 1. The summed E-state index contributed by atoms with van der Waals surface area (Å²) in [5.74, 6) is -0.977. The number of benzene rings is 2. The summed E-state index contributed by atoms with van der Waals surface area (Å²) in [6.07, 6.45) is 5.24. The molecule has 0 fully saturated rings. The molecule has 0 saturated carbocycles. The zero-order chi connectivity index (χ0) is 25.8. The van der Waals surface area contributed by atoms with Gasteiger partial charge in [-0.05, 0) is 30.7 Å². The van der Waals surface area contributed by atoms with Gasteiger partial charge in [0.2, 0.25) is 0 Å². The molecule has 0 N–H and O–H groups in total. The van der Waals surface area contributed by atoms with Crippen molar-refractivity contribution in [3.63, 3.8) is 0 Å². The molecule has 0 spiro atoms. The highest BCUT2D eigenvalue weighted by Gasteiger charge is 2.31. The number of nitro groups is 1. The van der Waals surface area contributed by atoms with Crippen LogP contribution in [-0.2, 0) is 10.9 Å². The van der Waals surface area contributed by atoms with E-state index in [1.54, 1.807) is 0 Å². The molecule has 2 rings (SSSR count). The van der Waals surface area contributed by atoms with E-state index in [0.717, 1.165) is 43.5 Å². The molecule has 0 bridgehead atoms. The first-order chi connectivity index (χ1) is 16.6. The van der Waals surface area contributed by atoms with Crippen molar-refractivity contribution in [2.75, 3.05) is 6.61 Å². The van der Waals surface area contributed by atoms with Gasteiger partial charge in [-0.25, -0.2) is 4.79 Å². The molecule has 35 heavy (non-hydrogen) atoms.